The molecule has 0 aromatic carbocycles. The zero-order valence-electron chi connectivity index (χ0n) is 10.3. The van der Waals surface area contributed by atoms with Crippen LogP contribution in [0.5, 0.6) is 0 Å². The first-order valence-corrected chi connectivity index (χ1v) is 6.58. The molecule has 16 heavy (non-hydrogen) atoms. The van der Waals surface area contributed by atoms with Crippen molar-refractivity contribution in [3.8, 4) is 0 Å². The summed E-state index contributed by atoms with van der Waals surface area (Å²) < 4.78 is 0. The Kier molecular flexibility index (Phi) is 4.71. The molecule has 1 rings (SSSR count). The molecule has 0 saturated heterocycles. The average Bonchev–Trinajstić information content (AvgIpc) is 2.75. The number of nitrogens with zero attached hydrogens (tertiary/aromatic N) is 1. The zero-order valence-corrected chi connectivity index (χ0v) is 11.1. The predicted molar refractivity (Wildman–Crippen MR) is 70.2 cm³/mol. The monoisotopic (exact) mass is 242 g/mol. The van der Waals surface area contributed by atoms with Crippen LogP contribution in [0.4, 0.5) is 0 Å². The van der Waals surface area contributed by atoms with Crippen molar-refractivity contribution in [1.29, 1.82) is 0 Å². The number of thiocarbonyl (C=S) groups is 1. The van der Waals surface area contributed by atoms with Crippen molar-refractivity contribution in [3.05, 3.63) is 0 Å². The van der Waals surface area contributed by atoms with Crippen LogP contribution in [0.3, 0.4) is 0 Å². The third-order valence-electron chi connectivity index (χ3n) is 3.50. The lowest BCUT2D eigenvalue weighted by molar-refractivity contribution is -0.137. The minimum absolute atomic E-state index is 0.154. The molecule has 0 radical (unpaired) electrons. The summed E-state index contributed by atoms with van der Waals surface area (Å²) in [6.45, 7) is 5.64. The summed E-state index contributed by atoms with van der Waals surface area (Å²) >= 11 is 5.13. The SMILES string of the molecule is CCCN(CC)C(=O)C1(C(N)=S)CCCC1. The Morgan fingerprint density at radius 3 is 2.31 bits per heavy atom. The highest BCUT2D eigenvalue weighted by Gasteiger charge is 2.45. The lowest BCUT2D eigenvalue weighted by Crippen LogP contribution is -2.49. The molecule has 0 heterocycles. The molecule has 1 amide bonds. The van der Waals surface area contributed by atoms with Crippen molar-refractivity contribution in [1.82, 2.24) is 4.90 Å². The fourth-order valence-corrected chi connectivity index (χ4v) is 2.81. The lowest BCUT2D eigenvalue weighted by Gasteiger charge is -2.33. The van der Waals surface area contributed by atoms with Gasteiger partial charge in [-0.3, -0.25) is 4.79 Å². The second kappa shape index (κ2) is 5.62. The van der Waals surface area contributed by atoms with Gasteiger partial charge in [0.15, 0.2) is 0 Å². The molecule has 3 nitrogen and oxygen atoms in total. The van der Waals surface area contributed by atoms with E-state index in [1.54, 1.807) is 0 Å². The Hall–Kier alpha value is -0.640. The van der Waals surface area contributed by atoms with E-state index in [1.807, 2.05) is 11.8 Å². The quantitative estimate of drug-likeness (QED) is 0.751. The van der Waals surface area contributed by atoms with Crippen LogP contribution in [0.1, 0.15) is 46.0 Å². The summed E-state index contributed by atoms with van der Waals surface area (Å²) in [7, 11) is 0. The Morgan fingerprint density at radius 1 is 1.38 bits per heavy atom. The van der Waals surface area contributed by atoms with Crippen molar-refractivity contribution in [2.75, 3.05) is 13.1 Å². The Balaban J connectivity index is 2.86. The highest BCUT2D eigenvalue weighted by Crippen LogP contribution is 2.40. The maximum Gasteiger partial charge on any atom is 0.235 e. The van der Waals surface area contributed by atoms with Crippen molar-refractivity contribution in [2.24, 2.45) is 11.1 Å². The van der Waals surface area contributed by atoms with Crippen molar-refractivity contribution in [2.45, 2.75) is 46.0 Å². The largest absolute Gasteiger partial charge is 0.392 e. The third kappa shape index (κ3) is 2.37. The van der Waals surface area contributed by atoms with E-state index in [2.05, 4.69) is 6.92 Å². The molecule has 1 aliphatic rings. The smallest absolute Gasteiger partial charge is 0.235 e. The normalized spacial score (nSPS) is 18.4. The number of carbonyl (C=O) groups excluding carboxylic acids is 1. The molecule has 0 unspecified atom stereocenters. The van der Waals surface area contributed by atoms with Gasteiger partial charge in [0.1, 0.15) is 0 Å². The predicted octanol–water partition coefficient (Wildman–Crippen LogP) is 2.09. The van der Waals surface area contributed by atoms with E-state index in [1.165, 1.54) is 0 Å². The van der Waals surface area contributed by atoms with Crippen LogP contribution in [0.25, 0.3) is 0 Å². The van der Waals surface area contributed by atoms with Crippen LogP contribution in [-0.4, -0.2) is 28.9 Å². The molecule has 1 aliphatic carbocycles. The van der Waals surface area contributed by atoms with Crippen LogP contribution in [-0.2, 0) is 4.79 Å². The number of hydrogen-bond donors (Lipinski definition) is 1. The van der Waals surface area contributed by atoms with E-state index in [4.69, 9.17) is 18.0 Å². The van der Waals surface area contributed by atoms with E-state index in [9.17, 15) is 4.79 Å². The summed E-state index contributed by atoms with van der Waals surface area (Å²) in [5, 5.41) is 0. The minimum atomic E-state index is -0.527. The minimum Gasteiger partial charge on any atom is -0.392 e. The molecule has 0 aromatic rings. The average molecular weight is 242 g/mol. The molecule has 0 spiro atoms. The summed E-state index contributed by atoms with van der Waals surface area (Å²) in [6.07, 6.45) is 4.77. The summed E-state index contributed by atoms with van der Waals surface area (Å²) in [5.41, 5.74) is 5.28. The number of rotatable bonds is 5. The maximum absolute atomic E-state index is 12.5. The number of carbonyl (C=O) groups is 1. The van der Waals surface area contributed by atoms with Gasteiger partial charge in [-0.2, -0.15) is 0 Å². The van der Waals surface area contributed by atoms with Gasteiger partial charge in [0.2, 0.25) is 5.91 Å². The second-order valence-corrected chi connectivity index (χ2v) is 4.98. The van der Waals surface area contributed by atoms with Crippen molar-refractivity contribution >= 4 is 23.1 Å². The highest BCUT2D eigenvalue weighted by atomic mass is 32.1. The second-order valence-electron chi connectivity index (χ2n) is 4.54. The molecule has 0 atom stereocenters. The van der Waals surface area contributed by atoms with Gasteiger partial charge in [0.05, 0.1) is 10.4 Å². The Bertz CT molecular complexity index is 272. The molecule has 0 bridgehead atoms. The molecular formula is C12H22N2OS. The van der Waals surface area contributed by atoms with Gasteiger partial charge in [-0.25, -0.2) is 0 Å². The third-order valence-corrected chi connectivity index (χ3v) is 3.89. The molecule has 92 valence electrons. The van der Waals surface area contributed by atoms with E-state index in [0.717, 1.165) is 45.2 Å². The van der Waals surface area contributed by atoms with Crippen LogP contribution in [0.2, 0.25) is 0 Å². The van der Waals surface area contributed by atoms with E-state index >= 15 is 0 Å². The van der Waals surface area contributed by atoms with E-state index in [0.29, 0.717) is 4.99 Å². The number of amides is 1. The van der Waals surface area contributed by atoms with Gasteiger partial charge >= 0.3 is 0 Å². The standard InChI is InChI=1S/C12H22N2OS/c1-3-9-14(4-2)11(15)12(10(13)16)7-5-6-8-12/h3-9H2,1-2H3,(H2,13,16). The van der Waals surface area contributed by atoms with Crippen LogP contribution < -0.4 is 5.73 Å². The molecule has 1 saturated carbocycles. The molecule has 1 fully saturated rings. The van der Waals surface area contributed by atoms with E-state index < -0.39 is 5.41 Å². The summed E-state index contributed by atoms with van der Waals surface area (Å²) in [4.78, 5) is 14.8. The first kappa shape index (κ1) is 13.4. The fourth-order valence-electron chi connectivity index (χ4n) is 2.52. The molecule has 0 aliphatic heterocycles. The van der Waals surface area contributed by atoms with Gasteiger partial charge in [-0.05, 0) is 26.2 Å². The molecule has 4 heteroatoms. The van der Waals surface area contributed by atoms with Crippen molar-refractivity contribution in [3.63, 3.8) is 0 Å². The first-order valence-electron chi connectivity index (χ1n) is 6.17. The van der Waals surface area contributed by atoms with Crippen LogP contribution in [0.15, 0.2) is 0 Å². The van der Waals surface area contributed by atoms with Gasteiger partial charge in [-0.1, -0.05) is 32.0 Å². The Morgan fingerprint density at radius 2 is 1.94 bits per heavy atom. The van der Waals surface area contributed by atoms with Crippen molar-refractivity contribution < 1.29 is 4.79 Å². The zero-order chi connectivity index (χ0) is 12.2. The number of hydrogen-bond acceptors (Lipinski definition) is 2. The Labute approximate surface area is 103 Å². The maximum atomic E-state index is 12.5. The van der Waals surface area contributed by atoms with E-state index in [-0.39, 0.29) is 5.91 Å². The highest BCUT2D eigenvalue weighted by molar-refractivity contribution is 7.80. The molecule has 2 N–H and O–H groups in total. The van der Waals surface area contributed by atoms with Gasteiger partial charge < -0.3 is 10.6 Å². The van der Waals surface area contributed by atoms with Crippen LogP contribution >= 0.6 is 12.2 Å². The molecule has 0 aromatic heterocycles. The van der Waals surface area contributed by atoms with Gasteiger partial charge in [-0.15, -0.1) is 0 Å². The summed E-state index contributed by atoms with van der Waals surface area (Å²) in [5.74, 6) is 0.154. The summed E-state index contributed by atoms with van der Waals surface area (Å²) in [6, 6.07) is 0. The lowest BCUT2D eigenvalue weighted by atomic mass is 9.84. The van der Waals surface area contributed by atoms with Crippen LogP contribution in [0, 0.1) is 5.41 Å². The van der Waals surface area contributed by atoms with Gasteiger partial charge in [0, 0.05) is 13.1 Å². The number of nitrogens with two attached hydrogens (primary N) is 1. The van der Waals surface area contributed by atoms with Gasteiger partial charge in [0.25, 0.3) is 0 Å². The first-order chi connectivity index (χ1) is 7.58. The fraction of sp³-hybridized carbons (Fsp3) is 0.833. The topological polar surface area (TPSA) is 46.3 Å². The molecular weight excluding hydrogens is 220 g/mol.